The van der Waals surface area contributed by atoms with Gasteiger partial charge in [0.15, 0.2) is 5.69 Å². The fourth-order valence-corrected chi connectivity index (χ4v) is 1.66. The van der Waals surface area contributed by atoms with Crippen molar-refractivity contribution in [1.82, 2.24) is 9.38 Å². The number of aromatic carboxylic acids is 1. The molecule has 4 nitrogen and oxygen atoms in total. The second-order valence-corrected chi connectivity index (χ2v) is 4.16. The number of aryl methyl sites for hydroxylation is 1. The largest absolute Gasteiger partial charge is 0.476 e. The number of rotatable bonds is 1. The Morgan fingerprint density at radius 3 is 2.93 bits per heavy atom. The standard InChI is InChI=1S/C9H7IN2O2/c1-5-2-8-11-7(9(13)14)4-12(8)3-6(5)10/h2-4H,1H3,(H,13,14). The molecule has 0 radical (unpaired) electrons. The maximum absolute atomic E-state index is 10.7. The third kappa shape index (κ3) is 1.47. The van der Waals surface area contributed by atoms with Crippen molar-refractivity contribution in [3.63, 3.8) is 0 Å². The van der Waals surface area contributed by atoms with Crippen molar-refractivity contribution in [2.45, 2.75) is 6.92 Å². The second-order valence-electron chi connectivity index (χ2n) is 3.00. The fourth-order valence-electron chi connectivity index (χ4n) is 1.21. The molecule has 2 heterocycles. The summed E-state index contributed by atoms with van der Waals surface area (Å²) in [5.41, 5.74) is 1.84. The average Bonchev–Trinajstić information content (AvgIpc) is 2.48. The van der Waals surface area contributed by atoms with Gasteiger partial charge in [-0.2, -0.15) is 0 Å². The summed E-state index contributed by atoms with van der Waals surface area (Å²) in [6.45, 7) is 1.97. The molecule has 0 aromatic carbocycles. The van der Waals surface area contributed by atoms with Crippen molar-refractivity contribution in [1.29, 1.82) is 0 Å². The van der Waals surface area contributed by atoms with Crippen molar-refractivity contribution in [3.05, 3.63) is 33.3 Å². The van der Waals surface area contributed by atoms with E-state index in [-0.39, 0.29) is 5.69 Å². The SMILES string of the molecule is Cc1cc2nc(C(=O)O)cn2cc1I. The van der Waals surface area contributed by atoms with Crippen LogP contribution in [0.15, 0.2) is 18.5 Å². The number of halogens is 1. The number of carboxylic acids is 1. The van der Waals surface area contributed by atoms with Crippen LogP contribution in [-0.4, -0.2) is 20.5 Å². The van der Waals surface area contributed by atoms with E-state index in [1.807, 2.05) is 19.2 Å². The Bertz CT molecular complexity index is 480. The minimum absolute atomic E-state index is 0.0754. The van der Waals surface area contributed by atoms with E-state index in [0.29, 0.717) is 5.65 Å². The normalized spacial score (nSPS) is 10.7. The molecule has 0 amide bonds. The molecule has 72 valence electrons. The number of pyridine rings is 1. The van der Waals surface area contributed by atoms with Crippen LogP contribution in [0.3, 0.4) is 0 Å². The van der Waals surface area contributed by atoms with Gasteiger partial charge in [0, 0.05) is 16.0 Å². The van der Waals surface area contributed by atoms with Gasteiger partial charge in [-0.15, -0.1) is 0 Å². The van der Waals surface area contributed by atoms with Crippen molar-refractivity contribution in [3.8, 4) is 0 Å². The lowest BCUT2D eigenvalue weighted by atomic mass is 10.3. The molecule has 5 heteroatoms. The summed E-state index contributed by atoms with van der Waals surface area (Å²) in [5.74, 6) is -0.999. The molecule has 14 heavy (non-hydrogen) atoms. The third-order valence-electron chi connectivity index (χ3n) is 1.95. The summed E-state index contributed by atoms with van der Waals surface area (Å²) >= 11 is 2.20. The lowest BCUT2D eigenvalue weighted by Gasteiger charge is -1.98. The van der Waals surface area contributed by atoms with Crippen LogP contribution in [0.5, 0.6) is 0 Å². The van der Waals surface area contributed by atoms with E-state index >= 15 is 0 Å². The van der Waals surface area contributed by atoms with E-state index in [0.717, 1.165) is 9.13 Å². The van der Waals surface area contributed by atoms with Crippen LogP contribution in [0.4, 0.5) is 0 Å². The highest BCUT2D eigenvalue weighted by Gasteiger charge is 2.09. The molecule has 0 unspecified atom stereocenters. The van der Waals surface area contributed by atoms with Crippen LogP contribution in [0.1, 0.15) is 16.1 Å². The highest BCUT2D eigenvalue weighted by atomic mass is 127. The number of carbonyl (C=O) groups is 1. The van der Waals surface area contributed by atoms with Crippen LogP contribution >= 0.6 is 22.6 Å². The zero-order valence-corrected chi connectivity index (χ0v) is 9.52. The highest BCUT2D eigenvalue weighted by molar-refractivity contribution is 14.1. The minimum atomic E-state index is -0.999. The Labute approximate surface area is 93.7 Å². The average molecular weight is 302 g/mol. The van der Waals surface area contributed by atoms with Gasteiger partial charge >= 0.3 is 5.97 Å². The zero-order chi connectivity index (χ0) is 10.3. The number of carboxylic acid groups (broad SMARTS) is 1. The molecule has 0 saturated carbocycles. The molecular formula is C9H7IN2O2. The molecule has 0 spiro atoms. The van der Waals surface area contributed by atoms with Gasteiger partial charge in [-0.25, -0.2) is 9.78 Å². The van der Waals surface area contributed by atoms with Crippen LogP contribution in [0, 0.1) is 10.5 Å². The van der Waals surface area contributed by atoms with Crippen molar-refractivity contribution in [2.24, 2.45) is 0 Å². The molecule has 1 N–H and O–H groups in total. The van der Waals surface area contributed by atoms with Gasteiger partial charge in [0.05, 0.1) is 0 Å². The summed E-state index contributed by atoms with van der Waals surface area (Å²) in [6.07, 6.45) is 3.38. The molecule has 2 rings (SSSR count). The fraction of sp³-hybridized carbons (Fsp3) is 0.111. The van der Waals surface area contributed by atoms with Gasteiger partial charge in [-0.05, 0) is 41.1 Å². The van der Waals surface area contributed by atoms with Crippen molar-refractivity contribution in [2.75, 3.05) is 0 Å². The lowest BCUT2D eigenvalue weighted by Crippen LogP contribution is -1.94. The Hall–Kier alpha value is -1.11. The molecular weight excluding hydrogens is 295 g/mol. The van der Waals surface area contributed by atoms with E-state index in [1.54, 1.807) is 4.40 Å². The number of hydrogen-bond donors (Lipinski definition) is 1. The summed E-state index contributed by atoms with van der Waals surface area (Å²) in [5, 5.41) is 8.75. The van der Waals surface area contributed by atoms with Crippen LogP contribution in [-0.2, 0) is 0 Å². The first-order valence-electron chi connectivity index (χ1n) is 3.96. The minimum Gasteiger partial charge on any atom is -0.476 e. The maximum atomic E-state index is 10.7. The molecule has 0 fully saturated rings. The summed E-state index contributed by atoms with van der Waals surface area (Å²) in [6, 6.07) is 1.87. The Balaban J connectivity index is 2.72. The first-order chi connectivity index (χ1) is 6.58. The van der Waals surface area contributed by atoms with Crippen molar-refractivity contribution < 1.29 is 9.90 Å². The third-order valence-corrected chi connectivity index (χ3v) is 3.08. The molecule has 0 bridgehead atoms. The van der Waals surface area contributed by atoms with E-state index in [4.69, 9.17) is 5.11 Å². The highest BCUT2D eigenvalue weighted by Crippen LogP contribution is 2.14. The lowest BCUT2D eigenvalue weighted by molar-refractivity contribution is 0.0691. The number of fused-ring (bicyclic) bond motifs is 1. The van der Waals surface area contributed by atoms with Gasteiger partial charge in [0.1, 0.15) is 5.65 Å². The topological polar surface area (TPSA) is 54.6 Å². The summed E-state index contributed by atoms with van der Waals surface area (Å²) in [4.78, 5) is 14.6. The van der Waals surface area contributed by atoms with E-state index < -0.39 is 5.97 Å². The van der Waals surface area contributed by atoms with Gasteiger partial charge < -0.3 is 9.51 Å². The van der Waals surface area contributed by atoms with Crippen molar-refractivity contribution >= 4 is 34.2 Å². The molecule has 0 aliphatic carbocycles. The van der Waals surface area contributed by atoms with E-state index in [9.17, 15) is 4.79 Å². The van der Waals surface area contributed by atoms with E-state index in [2.05, 4.69) is 27.6 Å². The molecule has 0 aliphatic rings. The second kappa shape index (κ2) is 3.23. The first kappa shape index (κ1) is 9.45. The van der Waals surface area contributed by atoms with Gasteiger partial charge in [0.25, 0.3) is 0 Å². The predicted octanol–water partition coefficient (Wildman–Crippen LogP) is 1.95. The molecule has 2 aromatic heterocycles. The van der Waals surface area contributed by atoms with Gasteiger partial charge in [-0.1, -0.05) is 0 Å². The number of nitrogens with zero attached hydrogens (tertiary/aromatic N) is 2. The van der Waals surface area contributed by atoms with Crippen LogP contribution in [0.2, 0.25) is 0 Å². The van der Waals surface area contributed by atoms with Crippen LogP contribution in [0.25, 0.3) is 5.65 Å². The van der Waals surface area contributed by atoms with Gasteiger partial charge in [0.2, 0.25) is 0 Å². The summed E-state index contributed by atoms with van der Waals surface area (Å²) in [7, 11) is 0. The zero-order valence-electron chi connectivity index (χ0n) is 7.36. The smallest absolute Gasteiger partial charge is 0.356 e. The Morgan fingerprint density at radius 2 is 2.29 bits per heavy atom. The molecule has 2 aromatic rings. The number of aromatic nitrogens is 2. The van der Waals surface area contributed by atoms with Crippen LogP contribution < -0.4 is 0 Å². The number of imidazole rings is 1. The quantitative estimate of drug-likeness (QED) is 0.819. The molecule has 0 saturated heterocycles. The Kier molecular flexibility index (Phi) is 2.18. The Morgan fingerprint density at radius 1 is 1.57 bits per heavy atom. The maximum Gasteiger partial charge on any atom is 0.356 e. The van der Waals surface area contributed by atoms with E-state index in [1.165, 1.54) is 6.20 Å². The first-order valence-corrected chi connectivity index (χ1v) is 5.04. The summed E-state index contributed by atoms with van der Waals surface area (Å²) < 4.78 is 2.81. The molecule has 0 atom stereocenters. The predicted molar refractivity (Wildman–Crippen MR) is 59.6 cm³/mol. The van der Waals surface area contributed by atoms with Gasteiger partial charge in [-0.3, -0.25) is 0 Å². The number of hydrogen-bond acceptors (Lipinski definition) is 2. The molecule has 0 aliphatic heterocycles. The monoisotopic (exact) mass is 302 g/mol.